The second kappa shape index (κ2) is 9.73. The highest BCUT2D eigenvalue weighted by Gasteiger charge is 2.56. The largest absolute Gasteiger partial charge is 0.444 e. The molecule has 0 N–H and O–H groups in total. The topological polar surface area (TPSA) is 86.9 Å². The number of amides is 1. The van der Waals surface area contributed by atoms with Crippen molar-refractivity contribution in [2.75, 3.05) is 57.4 Å². The molecule has 1 aliphatic carbocycles. The average molecular weight is 578 g/mol. The molecular weight excluding hydrogens is 536 g/mol. The van der Waals surface area contributed by atoms with Gasteiger partial charge in [-0.1, -0.05) is 0 Å². The zero-order valence-corrected chi connectivity index (χ0v) is 24.5. The summed E-state index contributed by atoms with van der Waals surface area (Å²) in [7, 11) is 0. The van der Waals surface area contributed by atoms with E-state index in [4.69, 9.17) is 14.6 Å². The lowest BCUT2D eigenvalue weighted by molar-refractivity contribution is -0.0929. The van der Waals surface area contributed by atoms with Crippen molar-refractivity contribution in [3.05, 3.63) is 10.2 Å². The van der Waals surface area contributed by atoms with Crippen LogP contribution in [0.2, 0.25) is 0 Å². The molecule has 0 aromatic carbocycles. The van der Waals surface area contributed by atoms with Gasteiger partial charge in [-0.05, 0) is 82.1 Å². The lowest BCUT2D eigenvalue weighted by Gasteiger charge is -2.58. The van der Waals surface area contributed by atoms with E-state index in [9.17, 15) is 10.1 Å². The number of rotatable bonds is 4. The fourth-order valence-corrected chi connectivity index (χ4v) is 7.32. The number of piperidine rings is 1. The van der Waals surface area contributed by atoms with Gasteiger partial charge in [-0.15, -0.1) is 0 Å². The number of carbonyl (C=O) groups excluding carboxylic acids is 1. The van der Waals surface area contributed by atoms with Gasteiger partial charge in [-0.25, -0.2) is 9.48 Å². The van der Waals surface area contributed by atoms with Gasteiger partial charge in [0.2, 0.25) is 0 Å². The minimum atomic E-state index is -0.480. The first-order chi connectivity index (χ1) is 17.4. The number of hydrogen-bond donors (Lipinski definition) is 0. The smallest absolute Gasteiger partial charge is 0.410 e. The van der Waals surface area contributed by atoms with Gasteiger partial charge in [0.05, 0.1) is 23.7 Å². The third-order valence-electron chi connectivity index (χ3n) is 8.48. The Kier molecular flexibility index (Phi) is 7.04. The SMILES string of the molecule is CC(C)(C)OC(=O)N1CC2(CC(n3nc(N4CC[C@@H](CN5CCOCC5)CC4(C)C)c(Br)c3C#N)C2)C1. The van der Waals surface area contributed by atoms with Crippen LogP contribution in [0.3, 0.4) is 0 Å². The van der Waals surface area contributed by atoms with Gasteiger partial charge < -0.3 is 19.3 Å². The number of ether oxygens (including phenoxy) is 2. The number of likely N-dealkylation sites (tertiary alicyclic amines) is 1. The summed E-state index contributed by atoms with van der Waals surface area (Å²) in [6.07, 6.45) is 3.84. The Morgan fingerprint density at radius 3 is 2.46 bits per heavy atom. The minimum Gasteiger partial charge on any atom is -0.444 e. The van der Waals surface area contributed by atoms with Crippen LogP contribution < -0.4 is 4.90 Å². The molecule has 204 valence electrons. The van der Waals surface area contributed by atoms with Crippen molar-refractivity contribution in [3.63, 3.8) is 0 Å². The fourth-order valence-electron chi connectivity index (χ4n) is 6.76. The van der Waals surface area contributed by atoms with Gasteiger partial charge in [-0.2, -0.15) is 10.4 Å². The molecule has 0 bridgehead atoms. The number of aromatic nitrogens is 2. The Hall–Kier alpha value is -1.83. The molecule has 37 heavy (non-hydrogen) atoms. The number of nitrogens with zero attached hydrogens (tertiary/aromatic N) is 6. The second-order valence-electron chi connectivity index (χ2n) is 13.2. The van der Waals surface area contributed by atoms with Crippen LogP contribution in [0, 0.1) is 22.7 Å². The fraction of sp³-hybridized carbons (Fsp3) is 0.815. The molecule has 4 fully saturated rings. The van der Waals surface area contributed by atoms with Crippen molar-refractivity contribution in [1.82, 2.24) is 19.6 Å². The van der Waals surface area contributed by atoms with Crippen molar-refractivity contribution in [3.8, 4) is 6.07 Å². The van der Waals surface area contributed by atoms with Gasteiger partial charge in [-0.3, -0.25) is 4.90 Å². The maximum Gasteiger partial charge on any atom is 0.410 e. The molecule has 1 amide bonds. The predicted octanol–water partition coefficient (Wildman–Crippen LogP) is 4.42. The summed E-state index contributed by atoms with van der Waals surface area (Å²) >= 11 is 3.74. The highest BCUT2D eigenvalue weighted by atomic mass is 79.9. The Morgan fingerprint density at radius 2 is 1.86 bits per heavy atom. The van der Waals surface area contributed by atoms with Crippen molar-refractivity contribution in [2.24, 2.45) is 11.3 Å². The van der Waals surface area contributed by atoms with Gasteiger partial charge in [0, 0.05) is 50.2 Å². The molecule has 1 aromatic rings. The molecule has 4 aliphatic rings. The molecule has 1 saturated carbocycles. The standard InChI is InChI=1S/C27H41BrN6O3/c1-25(2,3)37-24(35)32-17-27(18-32)13-20(14-27)34-21(15-29)22(28)23(30-34)33-7-6-19(12-26(33,4)5)16-31-8-10-36-11-9-31/h19-20H,6-14,16-18H2,1-5H3/t19-/m1/s1. The van der Waals surface area contributed by atoms with Crippen molar-refractivity contribution in [2.45, 2.75) is 77.5 Å². The van der Waals surface area contributed by atoms with E-state index in [2.05, 4.69) is 45.6 Å². The molecule has 1 aromatic heterocycles. The number of hydrogen-bond acceptors (Lipinski definition) is 7. The molecule has 0 radical (unpaired) electrons. The molecule has 3 aliphatic heterocycles. The summed E-state index contributed by atoms with van der Waals surface area (Å²) in [5.74, 6) is 1.54. The first-order valence-corrected chi connectivity index (χ1v) is 14.4. The zero-order valence-electron chi connectivity index (χ0n) is 22.9. The molecule has 10 heteroatoms. The third-order valence-corrected chi connectivity index (χ3v) is 9.21. The molecule has 3 saturated heterocycles. The summed E-state index contributed by atoms with van der Waals surface area (Å²) in [6, 6.07) is 2.59. The van der Waals surface area contributed by atoms with Crippen LogP contribution in [0.4, 0.5) is 10.6 Å². The normalized spacial score (nSPS) is 25.9. The van der Waals surface area contributed by atoms with Crippen LogP contribution in [0.1, 0.15) is 72.0 Å². The molecule has 5 rings (SSSR count). The van der Waals surface area contributed by atoms with Crippen molar-refractivity contribution in [1.29, 1.82) is 5.26 Å². The summed E-state index contributed by atoms with van der Waals surface area (Å²) in [5, 5.41) is 15.0. The Labute approximate surface area is 229 Å². The summed E-state index contributed by atoms with van der Waals surface area (Å²) < 4.78 is 13.8. The molecular formula is C27H41BrN6O3. The highest BCUT2D eigenvalue weighted by Crippen LogP contribution is 2.55. The highest BCUT2D eigenvalue weighted by molar-refractivity contribution is 9.10. The monoisotopic (exact) mass is 576 g/mol. The number of anilines is 1. The maximum atomic E-state index is 12.4. The van der Waals surface area contributed by atoms with Crippen molar-refractivity contribution >= 4 is 27.8 Å². The van der Waals surface area contributed by atoms with Crippen LogP contribution in [0.5, 0.6) is 0 Å². The van der Waals surface area contributed by atoms with E-state index in [0.717, 1.165) is 88.5 Å². The Bertz CT molecular complexity index is 1050. The molecule has 0 unspecified atom stereocenters. The van der Waals surface area contributed by atoms with Crippen LogP contribution in [-0.4, -0.2) is 89.3 Å². The van der Waals surface area contributed by atoms with E-state index in [1.807, 2.05) is 25.5 Å². The van der Waals surface area contributed by atoms with E-state index in [0.29, 0.717) is 11.6 Å². The average Bonchev–Trinajstić information content (AvgIpc) is 3.06. The van der Waals surface area contributed by atoms with Gasteiger partial charge in [0.25, 0.3) is 0 Å². The maximum absolute atomic E-state index is 12.4. The van der Waals surface area contributed by atoms with Gasteiger partial charge >= 0.3 is 6.09 Å². The summed E-state index contributed by atoms with van der Waals surface area (Å²) in [4.78, 5) is 19.1. The van der Waals surface area contributed by atoms with E-state index >= 15 is 0 Å². The van der Waals surface area contributed by atoms with Crippen LogP contribution >= 0.6 is 15.9 Å². The third kappa shape index (κ3) is 5.37. The lowest BCUT2D eigenvalue weighted by atomic mass is 9.61. The zero-order chi connectivity index (χ0) is 26.6. The summed E-state index contributed by atoms with van der Waals surface area (Å²) in [5.41, 5.74) is 0.201. The predicted molar refractivity (Wildman–Crippen MR) is 145 cm³/mol. The number of morpholine rings is 1. The summed E-state index contributed by atoms with van der Waals surface area (Å²) in [6.45, 7) is 17.5. The second-order valence-corrected chi connectivity index (χ2v) is 14.0. The minimum absolute atomic E-state index is 0.0492. The van der Waals surface area contributed by atoms with Gasteiger partial charge in [0.15, 0.2) is 11.5 Å². The molecule has 9 nitrogen and oxygen atoms in total. The Balaban J connectivity index is 1.22. The number of halogens is 1. The van der Waals surface area contributed by atoms with E-state index in [1.54, 1.807) is 4.90 Å². The quantitative estimate of drug-likeness (QED) is 0.524. The first kappa shape index (κ1) is 26.8. The molecule has 1 atom stereocenters. The number of nitriles is 1. The van der Waals surface area contributed by atoms with E-state index in [1.165, 1.54) is 0 Å². The van der Waals surface area contributed by atoms with E-state index < -0.39 is 5.60 Å². The van der Waals surface area contributed by atoms with Crippen LogP contribution in [0.25, 0.3) is 0 Å². The van der Waals surface area contributed by atoms with E-state index in [-0.39, 0.29) is 23.1 Å². The number of carbonyl (C=O) groups is 1. The van der Waals surface area contributed by atoms with Crippen LogP contribution in [0.15, 0.2) is 4.47 Å². The van der Waals surface area contributed by atoms with Crippen LogP contribution in [-0.2, 0) is 9.47 Å². The van der Waals surface area contributed by atoms with Gasteiger partial charge in [0.1, 0.15) is 11.7 Å². The molecule has 1 spiro atoms. The van der Waals surface area contributed by atoms with Crippen molar-refractivity contribution < 1.29 is 14.3 Å². The Morgan fingerprint density at radius 1 is 1.19 bits per heavy atom. The first-order valence-electron chi connectivity index (χ1n) is 13.6. The molecule has 4 heterocycles. The lowest BCUT2D eigenvalue weighted by Crippen LogP contribution is -2.64.